The van der Waals surface area contributed by atoms with Crippen LogP contribution in [0.4, 0.5) is 5.69 Å². The second-order valence-electron chi connectivity index (χ2n) is 5.97. The van der Waals surface area contributed by atoms with E-state index in [4.69, 9.17) is 9.15 Å². The zero-order valence-electron chi connectivity index (χ0n) is 14.5. The summed E-state index contributed by atoms with van der Waals surface area (Å²) in [5.41, 5.74) is 0.690. The number of amides is 1. The Bertz CT molecular complexity index is 1080. The van der Waals surface area contributed by atoms with Crippen LogP contribution in [0.25, 0.3) is 16.8 Å². The Balaban J connectivity index is 1.40. The summed E-state index contributed by atoms with van der Waals surface area (Å²) in [6.45, 7) is 0. The SMILES string of the molecule is O=C(/C=C/c1ccco1)Nc1ccc(Oc2ccc3ccccc3c2)cc1. The van der Waals surface area contributed by atoms with E-state index < -0.39 is 0 Å². The van der Waals surface area contributed by atoms with E-state index >= 15 is 0 Å². The molecule has 0 spiro atoms. The number of anilines is 1. The number of nitrogens with one attached hydrogen (secondary N) is 1. The van der Waals surface area contributed by atoms with Gasteiger partial charge in [-0.05, 0) is 65.4 Å². The van der Waals surface area contributed by atoms with Gasteiger partial charge in [0.25, 0.3) is 0 Å². The molecule has 1 heterocycles. The van der Waals surface area contributed by atoms with Gasteiger partial charge in [0.2, 0.25) is 5.91 Å². The van der Waals surface area contributed by atoms with Crippen LogP contribution in [0.15, 0.2) is 95.6 Å². The first-order valence-corrected chi connectivity index (χ1v) is 8.55. The molecule has 0 aliphatic heterocycles. The highest BCUT2D eigenvalue weighted by molar-refractivity contribution is 6.01. The molecule has 0 saturated heterocycles. The topological polar surface area (TPSA) is 51.5 Å². The van der Waals surface area contributed by atoms with Gasteiger partial charge >= 0.3 is 0 Å². The average molecular weight is 355 g/mol. The number of hydrogen-bond donors (Lipinski definition) is 1. The molecule has 0 unspecified atom stereocenters. The van der Waals surface area contributed by atoms with E-state index in [1.165, 1.54) is 11.5 Å². The lowest BCUT2D eigenvalue weighted by Crippen LogP contribution is -2.07. The molecule has 0 fully saturated rings. The van der Waals surface area contributed by atoms with E-state index in [-0.39, 0.29) is 5.91 Å². The molecule has 4 rings (SSSR count). The Labute approximate surface area is 156 Å². The van der Waals surface area contributed by atoms with E-state index in [0.29, 0.717) is 17.2 Å². The summed E-state index contributed by atoms with van der Waals surface area (Å²) < 4.78 is 11.1. The lowest BCUT2D eigenvalue weighted by Gasteiger charge is -2.08. The van der Waals surface area contributed by atoms with Gasteiger partial charge in [-0.15, -0.1) is 0 Å². The largest absolute Gasteiger partial charge is 0.465 e. The smallest absolute Gasteiger partial charge is 0.248 e. The van der Waals surface area contributed by atoms with Crippen LogP contribution in [0.1, 0.15) is 5.76 Å². The monoisotopic (exact) mass is 355 g/mol. The van der Waals surface area contributed by atoms with Gasteiger partial charge in [0.15, 0.2) is 0 Å². The predicted molar refractivity (Wildman–Crippen MR) is 107 cm³/mol. The lowest BCUT2D eigenvalue weighted by molar-refractivity contribution is -0.111. The molecule has 1 amide bonds. The third-order valence-corrected chi connectivity index (χ3v) is 4.02. The van der Waals surface area contributed by atoms with Gasteiger partial charge in [-0.25, -0.2) is 0 Å². The van der Waals surface area contributed by atoms with Crippen molar-refractivity contribution in [2.75, 3.05) is 5.32 Å². The van der Waals surface area contributed by atoms with Crippen molar-refractivity contribution in [1.82, 2.24) is 0 Å². The summed E-state index contributed by atoms with van der Waals surface area (Å²) in [4.78, 5) is 11.9. The standard InChI is InChI=1S/C23H17NO3/c25-23(14-13-20-6-3-15-26-20)24-19-8-11-21(12-9-19)27-22-10-7-17-4-1-2-5-18(17)16-22/h1-16H,(H,24,25)/b14-13+. The summed E-state index contributed by atoms with van der Waals surface area (Å²) in [5.74, 6) is 1.88. The Hall–Kier alpha value is -3.79. The maximum Gasteiger partial charge on any atom is 0.248 e. The minimum absolute atomic E-state index is 0.227. The summed E-state index contributed by atoms with van der Waals surface area (Å²) >= 11 is 0. The van der Waals surface area contributed by atoms with Crippen LogP contribution in [-0.2, 0) is 4.79 Å². The third kappa shape index (κ3) is 4.25. The zero-order valence-corrected chi connectivity index (χ0v) is 14.5. The fourth-order valence-corrected chi connectivity index (χ4v) is 2.70. The highest BCUT2D eigenvalue weighted by Gasteiger charge is 2.02. The van der Waals surface area contributed by atoms with Crippen molar-refractivity contribution in [3.63, 3.8) is 0 Å². The average Bonchev–Trinajstić information content (AvgIpc) is 3.22. The first-order chi connectivity index (χ1) is 13.3. The molecule has 0 bridgehead atoms. The Morgan fingerprint density at radius 2 is 1.63 bits per heavy atom. The first kappa shape index (κ1) is 16.7. The molecule has 4 heteroatoms. The summed E-state index contributed by atoms with van der Waals surface area (Å²) in [7, 11) is 0. The number of furan rings is 1. The van der Waals surface area contributed by atoms with Gasteiger partial charge in [0.05, 0.1) is 6.26 Å². The zero-order chi connectivity index (χ0) is 18.5. The van der Waals surface area contributed by atoms with Crippen molar-refractivity contribution in [1.29, 1.82) is 0 Å². The molecule has 0 aliphatic rings. The molecule has 4 aromatic rings. The van der Waals surface area contributed by atoms with Gasteiger partial charge in [-0.1, -0.05) is 30.3 Å². The van der Waals surface area contributed by atoms with E-state index in [1.54, 1.807) is 36.6 Å². The fraction of sp³-hybridized carbons (Fsp3) is 0. The van der Waals surface area contributed by atoms with Gasteiger partial charge in [0.1, 0.15) is 17.3 Å². The number of carbonyl (C=O) groups is 1. The number of carbonyl (C=O) groups excluding carboxylic acids is 1. The number of benzene rings is 3. The predicted octanol–water partition coefficient (Wildman–Crippen LogP) is 5.88. The van der Waals surface area contributed by atoms with Crippen LogP contribution in [0, 0.1) is 0 Å². The van der Waals surface area contributed by atoms with Crippen molar-refractivity contribution in [2.45, 2.75) is 0 Å². The van der Waals surface area contributed by atoms with Gasteiger partial charge in [-0.3, -0.25) is 4.79 Å². The number of rotatable bonds is 5. The summed E-state index contributed by atoms with van der Waals surface area (Å²) in [6.07, 6.45) is 4.61. The number of hydrogen-bond acceptors (Lipinski definition) is 3. The van der Waals surface area contributed by atoms with Crippen molar-refractivity contribution in [3.05, 3.63) is 97.0 Å². The molecule has 4 nitrogen and oxygen atoms in total. The van der Waals surface area contributed by atoms with Gasteiger partial charge < -0.3 is 14.5 Å². The van der Waals surface area contributed by atoms with Gasteiger partial charge in [-0.2, -0.15) is 0 Å². The molecule has 3 aromatic carbocycles. The molecule has 0 aliphatic carbocycles. The maximum atomic E-state index is 11.9. The summed E-state index contributed by atoms with van der Waals surface area (Å²) in [5, 5.41) is 5.10. The second kappa shape index (κ2) is 7.62. The minimum Gasteiger partial charge on any atom is -0.465 e. The number of fused-ring (bicyclic) bond motifs is 1. The molecule has 0 saturated carbocycles. The fourth-order valence-electron chi connectivity index (χ4n) is 2.70. The Kier molecular flexibility index (Phi) is 4.70. The van der Waals surface area contributed by atoms with Crippen LogP contribution in [0.5, 0.6) is 11.5 Å². The van der Waals surface area contributed by atoms with Crippen LogP contribution >= 0.6 is 0 Å². The second-order valence-corrected chi connectivity index (χ2v) is 5.97. The van der Waals surface area contributed by atoms with E-state index in [1.807, 2.05) is 42.5 Å². The van der Waals surface area contributed by atoms with Crippen molar-refractivity contribution < 1.29 is 13.9 Å². The highest BCUT2D eigenvalue weighted by atomic mass is 16.5. The summed E-state index contributed by atoms with van der Waals surface area (Å²) in [6, 6.07) is 24.9. The Morgan fingerprint density at radius 1 is 0.852 bits per heavy atom. The molecule has 27 heavy (non-hydrogen) atoms. The van der Waals surface area contributed by atoms with Gasteiger partial charge in [0, 0.05) is 11.8 Å². The Morgan fingerprint density at radius 3 is 2.41 bits per heavy atom. The maximum absolute atomic E-state index is 11.9. The molecule has 1 N–H and O–H groups in total. The highest BCUT2D eigenvalue weighted by Crippen LogP contribution is 2.26. The van der Waals surface area contributed by atoms with Crippen molar-refractivity contribution >= 4 is 28.4 Å². The number of ether oxygens (including phenoxy) is 1. The molecular weight excluding hydrogens is 338 g/mol. The minimum atomic E-state index is -0.227. The first-order valence-electron chi connectivity index (χ1n) is 8.55. The molecule has 0 radical (unpaired) electrons. The van der Waals surface area contributed by atoms with Crippen LogP contribution in [0.3, 0.4) is 0 Å². The quantitative estimate of drug-likeness (QED) is 0.455. The molecule has 0 atom stereocenters. The third-order valence-electron chi connectivity index (χ3n) is 4.02. The van der Waals surface area contributed by atoms with E-state index in [2.05, 4.69) is 17.4 Å². The van der Waals surface area contributed by atoms with E-state index in [9.17, 15) is 4.79 Å². The normalized spacial score (nSPS) is 11.0. The van der Waals surface area contributed by atoms with Crippen LogP contribution in [0.2, 0.25) is 0 Å². The molecular formula is C23H17NO3. The van der Waals surface area contributed by atoms with Crippen LogP contribution in [-0.4, -0.2) is 5.91 Å². The lowest BCUT2D eigenvalue weighted by atomic mass is 10.1. The van der Waals surface area contributed by atoms with E-state index in [0.717, 1.165) is 11.1 Å². The molecule has 132 valence electrons. The van der Waals surface area contributed by atoms with Crippen molar-refractivity contribution in [2.24, 2.45) is 0 Å². The molecule has 1 aromatic heterocycles. The van der Waals surface area contributed by atoms with Crippen LogP contribution < -0.4 is 10.1 Å². The van der Waals surface area contributed by atoms with Crippen molar-refractivity contribution in [3.8, 4) is 11.5 Å².